The number of thiol groups is 1. The van der Waals surface area contributed by atoms with E-state index < -0.39 is 0 Å². The van der Waals surface area contributed by atoms with Gasteiger partial charge in [0.25, 0.3) is 0 Å². The number of hydrogen-bond donors (Lipinski definition) is 2. The van der Waals surface area contributed by atoms with E-state index in [1.807, 2.05) is 0 Å². The third kappa shape index (κ3) is 3.45. The molecule has 0 aliphatic rings. The van der Waals surface area contributed by atoms with Gasteiger partial charge in [-0.05, 0) is 36.1 Å². The molecule has 2 heteroatoms. The lowest BCUT2D eigenvalue weighted by molar-refractivity contribution is 0.861. The summed E-state index contributed by atoms with van der Waals surface area (Å²) in [5.41, 5.74) is 4.06. The Morgan fingerprint density at radius 3 is 2.67 bits per heavy atom. The highest BCUT2D eigenvalue weighted by Crippen LogP contribution is 2.27. The van der Waals surface area contributed by atoms with Crippen LogP contribution in [0.1, 0.15) is 37.3 Å². The number of para-hydroxylation sites is 1. The molecule has 1 aromatic carbocycles. The molecule has 0 fully saturated rings. The van der Waals surface area contributed by atoms with Crippen molar-refractivity contribution in [1.29, 1.82) is 0 Å². The van der Waals surface area contributed by atoms with Crippen molar-refractivity contribution in [2.75, 3.05) is 17.6 Å². The molecule has 0 aliphatic heterocycles. The third-order valence-electron chi connectivity index (χ3n) is 2.56. The Balaban J connectivity index is 2.82. The van der Waals surface area contributed by atoms with Crippen LogP contribution < -0.4 is 5.32 Å². The van der Waals surface area contributed by atoms with Crippen LogP contribution in [0.25, 0.3) is 0 Å². The van der Waals surface area contributed by atoms with Gasteiger partial charge in [-0.1, -0.05) is 32.0 Å². The zero-order chi connectivity index (χ0) is 11.3. The average Bonchev–Trinajstić information content (AvgIpc) is 2.20. The predicted molar refractivity (Wildman–Crippen MR) is 72.2 cm³/mol. The smallest absolute Gasteiger partial charge is 0.0405 e. The van der Waals surface area contributed by atoms with Crippen LogP contribution in [-0.4, -0.2) is 12.3 Å². The van der Waals surface area contributed by atoms with E-state index in [0.29, 0.717) is 5.92 Å². The summed E-state index contributed by atoms with van der Waals surface area (Å²) in [6, 6.07) is 6.50. The van der Waals surface area contributed by atoms with E-state index in [9.17, 15) is 0 Å². The molecule has 0 heterocycles. The fourth-order valence-corrected chi connectivity index (χ4v) is 1.86. The van der Waals surface area contributed by atoms with Crippen molar-refractivity contribution < 1.29 is 0 Å². The van der Waals surface area contributed by atoms with Gasteiger partial charge in [0.1, 0.15) is 0 Å². The summed E-state index contributed by atoms with van der Waals surface area (Å²) in [6.45, 7) is 7.64. The maximum Gasteiger partial charge on any atom is 0.0405 e. The second-order valence-electron chi connectivity index (χ2n) is 4.20. The van der Waals surface area contributed by atoms with Crippen molar-refractivity contribution in [3.63, 3.8) is 0 Å². The molecular weight excluding hydrogens is 202 g/mol. The Kier molecular flexibility index (Phi) is 5.03. The first-order chi connectivity index (χ1) is 7.16. The molecule has 0 amide bonds. The minimum absolute atomic E-state index is 0.573. The van der Waals surface area contributed by atoms with Crippen LogP contribution in [0.4, 0.5) is 5.69 Å². The number of hydrogen-bond acceptors (Lipinski definition) is 2. The summed E-state index contributed by atoms with van der Waals surface area (Å²) < 4.78 is 0. The van der Waals surface area contributed by atoms with Crippen LogP contribution in [0.15, 0.2) is 18.2 Å². The van der Waals surface area contributed by atoms with E-state index in [4.69, 9.17) is 0 Å². The molecule has 0 saturated heterocycles. The Labute approximate surface area is 98.7 Å². The highest BCUT2D eigenvalue weighted by Gasteiger charge is 2.07. The van der Waals surface area contributed by atoms with Gasteiger partial charge >= 0.3 is 0 Å². The maximum atomic E-state index is 4.22. The van der Waals surface area contributed by atoms with Crippen LogP contribution in [0.2, 0.25) is 0 Å². The van der Waals surface area contributed by atoms with E-state index in [-0.39, 0.29) is 0 Å². The van der Waals surface area contributed by atoms with E-state index in [0.717, 1.165) is 18.7 Å². The highest BCUT2D eigenvalue weighted by atomic mass is 32.1. The van der Waals surface area contributed by atoms with Gasteiger partial charge in [0.2, 0.25) is 0 Å². The molecule has 0 saturated carbocycles. The Hall–Kier alpha value is -0.630. The molecule has 0 atom stereocenters. The van der Waals surface area contributed by atoms with Crippen molar-refractivity contribution in [2.24, 2.45) is 0 Å². The van der Waals surface area contributed by atoms with Gasteiger partial charge in [-0.2, -0.15) is 12.6 Å². The van der Waals surface area contributed by atoms with Gasteiger partial charge < -0.3 is 5.32 Å². The van der Waals surface area contributed by atoms with E-state index in [2.05, 4.69) is 56.9 Å². The van der Waals surface area contributed by atoms with Crippen LogP contribution >= 0.6 is 12.6 Å². The molecule has 1 aromatic rings. The molecular formula is C13H21NS. The van der Waals surface area contributed by atoms with Crippen molar-refractivity contribution in [3.05, 3.63) is 29.3 Å². The monoisotopic (exact) mass is 223 g/mol. The molecule has 0 radical (unpaired) electrons. The van der Waals surface area contributed by atoms with Crippen molar-refractivity contribution in [2.45, 2.75) is 33.1 Å². The molecule has 1 rings (SSSR count). The third-order valence-corrected chi connectivity index (χ3v) is 2.88. The fraction of sp³-hybridized carbons (Fsp3) is 0.538. The zero-order valence-corrected chi connectivity index (χ0v) is 10.8. The molecule has 0 aromatic heterocycles. The molecule has 84 valence electrons. The molecule has 0 unspecified atom stereocenters. The first-order valence-corrected chi connectivity index (χ1v) is 6.24. The number of anilines is 1. The zero-order valence-electron chi connectivity index (χ0n) is 9.88. The number of aryl methyl sites for hydroxylation is 1. The standard InChI is InChI=1S/C13H21NS/c1-10(2)12-7-4-6-11(3)13(12)14-8-5-9-15/h4,6-7,10,14-15H,5,8-9H2,1-3H3. The summed E-state index contributed by atoms with van der Waals surface area (Å²) in [5.74, 6) is 1.51. The minimum Gasteiger partial charge on any atom is -0.385 e. The van der Waals surface area contributed by atoms with Crippen LogP contribution in [0.5, 0.6) is 0 Å². The van der Waals surface area contributed by atoms with Crippen LogP contribution in [-0.2, 0) is 0 Å². The summed E-state index contributed by atoms with van der Waals surface area (Å²) >= 11 is 4.22. The van der Waals surface area contributed by atoms with E-state index in [1.54, 1.807) is 0 Å². The van der Waals surface area contributed by atoms with Crippen molar-refractivity contribution in [3.8, 4) is 0 Å². The number of nitrogens with one attached hydrogen (secondary N) is 1. The van der Waals surface area contributed by atoms with Crippen LogP contribution in [0, 0.1) is 6.92 Å². The topological polar surface area (TPSA) is 12.0 Å². The van der Waals surface area contributed by atoms with Gasteiger partial charge in [0.05, 0.1) is 0 Å². The van der Waals surface area contributed by atoms with Gasteiger partial charge in [-0.15, -0.1) is 0 Å². The SMILES string of the molecule is Cc1cccc(C(C)C)c1NCCCS. The van der Waals surface area contributed by atoms with Crippen molar-refractivity contribution >= 4 is 18.3 Å². The summed E-state index contributed by atoms with van der Waals surface area (Å²) in [6.07, 6.45) is 1.11. The molecule has 1 nitrogen and oxygen atoms in total. The second kappa shape index (κ2) is 6.06. The lowest BCUT2D eigenvalue weighted by Gasteiger charge is -2.16. The first-order valence-electron chi connectivity index (χ1n) is 5.61. The lowest BCUT2D eigenvalue weighted by atomic mass is 9.98. The molecule has 0 aliphatic carbocycles. The number of rotatable bonds is 5. The molecule has 1 N–H and O–H groups in total. The van der Waals surface area contributed by atoms with Gasteiger partial charge in [0.15, 0.2) is 0 Å². The molecule has 0 bridgehead atoms. The van der Waals surface area contributed by atoms with E-state index in [1.165, 1.54) is 16.8 Å². The Morgan fingerprint density at radius 1 is 1.33 bits per heavy atom. The fourth-order valence-electron chi connectivity index (χ4n) is 1.71. The summed E-state index contributed by atoms with van der Waals surface area (Å²) in [4.78, 5) is 0. The van der Waals surface area contributed by atoms with Gasteiger partial charge in [0, 0.05) is 12.2 Å². The number of benzene rings is 1. The maximum absolute atomic E-state index is 4.22. The van der Waals surface area contributed by atoms with Crippen molar-refractivity contribution in [1.82, 2.24) is 0 Å². The molecule has 0 spiro atoms. The summed E-state index contributed by atoms with van der Waals surface area (Å²) in [5, 5.41) is 3.51. The normalized spacial score (nSPS) is 10.7. The molecule has 15 heavy (non-hydrogen) atoms. The van der Waals surface area contributed by atoms with Gasteiger partial charge in [-0.3, -0.25) is 0 Å². The minimum atomic E-state index is 0.573. The summed E-state index contributed by atoms with van der Waals surface area (Å²) in [7, 11) is 0. The second-order valence-corrected chi connectivity index (χ2v) is 4.64. The predicted octanol–water partition coefficient (Wildman–Crippen LogP) is 3.85. The van der Waals surface area contributed by atoms with Crippen LogP contribution in [0.3, 0.4) is 0 Å². The average molecular weight is 223 g/mol. The lowest BCUT2D eigenvalue weighted by Crippen LogP contribution is -2.07. The quantitative estimate of drug-likeness (QED) is 0.571. The van der Waals surface area contributed by atoms with E-state index >= 15 is 0 Å². The first kappa shape index (κ1) is 12.4. The Bertz CT molecular complexity index is 307. The largest absolute Gasteiger partial charge is 0.385 e. The highest BCUT2D eigenvalue weighted by molar-refractivity contribution is 7.80. The van der Waals surface area contributed by atoms with Gasteiger partial charge in [-0.25, -0.2) is 0 Å². The Morgan fingerprint density at radius 2 is 2.07 bits per heavy atom.